The Kier molecular flexibility index (Phi) is 4.53. The number of anilines is 1. The minimum absolute atomic E-state index is 0.119. The molecule has 0 aliphatic rings. The van der Waals surface area contributed by atoms with Gasteiger partial charge in [-0.05, 0) is 19.1 Å². The van der Waals surface area contributed by atoms with Gasteiger partial charge in [-0.2, -0.15) is 0 Å². The Hall–Kier alpha value is -2.24. The normalized spacial score (nSPS) is 9.89. The molecule has 0 atom stereocenters. The molecular formula is C12H17N3O3. The number of carbonyl (C=O) groups is 2. The van der Waals surface area contributed by atoms with E-state index in [4.69, 9.17) is 16.2 Å². The van der Waals surface area contributed by atoms with Crippen LogP contribution in [-0.4, -0.2) is 36.9 Å². The number of nitrogen functional groups attached to an aromatic ring is 1. The summed E-state index contributed by atoms with van der Waals surface area (Å²) in [7, 11) is 1.49. The first-order valence-corrected chi connectivity index (χ1v) is 5.50. The second-order valence-electron chi connectivity index (χ2n) is 3.78. The number of nitrogens with two attached hydrogens (primary N) is 2. The second-order valence-corrected chi connectivity index (χ2v) is 3.78. The first kappa shape index (κ1) is 13.8. The molecule has 0 saturated carbocycles. The Labute approximate surface area is 105 Å². The van der Waals surface area contributed by atoms with Crippen molar-refractivity contribution in [3.8, 4) is 5.75 Å². The van der Waals surface area contributed by atoms with Crippen molar-refractivity contribution in [2.45, 2.75) is 6.92 Å². The van der Waals surface area contributed by atoms with Gasteiger partial charge in [-0.15, -0.1) is 0 Å². The largest absolute Gasteiger partial charge is 0.497 e. The predicted molar refractivity (Wildman–Crippen MR) is 68.2 cm³/mol. The summed E-state index contributed by atoms with van der Waals surface area (Å²) < 4.78 is 5.04. The lowest BCUT2D eigenvalue weighted by molar-refractivity contribution is -0.118. The maximum Gasteiger partial charge on any atom is 0.254 e. The van der Waals surface area contributed by atoms with Gasteiger partial charge in [0.1, 0.15) is 5.75 Å². The van der Waals surface area contributed by atoms with Gasteiger partial charge >= 0.3 is 0 Å². The summed E-state index contributed by atoms with van der Waals surface area (Å²) >= 11 is 0. The van der Waals surface area contributed by atoms with Gasteiger partial charge in [-0.1, -0.05) is 0 Å². The molecule has 18 heavy (non-hydrogen) atoms. The summed E-state index contributed by atoms with van der Waals surface area (Å²) in [5.41, 5.74) is 11.6. The summed E-state index contributed by atoms with van der Waals surface area (Å²) in [5, 5.41) is 0. The SMILES string of the molecule is CCN(CC(N)=O)C(=O)c1cc(N)cc(OC)c1. The van der Waals surface area contributed by atoms with Crippen LogP contribution in [-0.2, 0) is 4.79 Å². The fraction of sp³-hybridized carbons (Fsp3) is 0.333. The van der Waals surface area contributed by atoms with Crippen LogP contribution < -0.4 is 16.2 Å². The molecule has 0 spiro atoms. The lowest BCUT2D eigenvalue weighted by Crippen LogP contribution is -2.38. The zero-order chi connectivity index (χ0) is 13.7. The van der Waals surface area contributed by atoms with Crippen LogP contribution in [0.2, 0.25) is 0 Å². The fourth-order valence-corrected chi connectivity index (χ4v) is 1.56. The molecule has 1 aromatic carbocycles. The number of ether oxygens (including phenoxy) is 1. The molecule has 0 bridgehead atoms. The molecule has 1 rings (SSSR count). The van der Waals surface area contributed by atoms with Gasteiger partial charge in [0.05, 0.1) is 13.7 Å². The Morgan fingerprint density at radius 1 is 1.33 bits per heavy atom. The van der Waals surface area contributed by atoms with E-state index in [0.29, 0.717) is 23.5 Å². The number of hydrogen-bond acceptors (Lipinski definition) is 4. The van der Waals surface area contributed by atoms with Crippen molar-refractivity contribution in [1.82, 2.24) is 4.90 Å². The van der Waals surface area contributed by atoms with E-state index in [-0.39, 0.29) is 12.5 Å². The molecule has 1 aromatic rings. The molecular weight excluding hydrogens is 234 g/mol. The lowest BCUT2D eigenvalue weighted by Gasteiger charge is -2.19. The van der Waals surface area contributed by atoms with Crippen molar-refractivity contribution in [2.75, 3.05) is 25.9 Å². The molecule has 0 aromatic heterocycles. The van der Waals surface area contributed by atoms with E-state index < -0.39 is 5.91 Å². The van der Waals surface area contributed by atoms with Crippen LogP contribution >= 0.6 is 0 Å². The number of likely N-dealkylation sites (N-methyl/N-ethyl adjacent to an activating group) is 1. The molecule has 6 nitrogen and oxygen atoms in total. The quantitative estimate of drug-likeness (QED) is 0.731. The van der Waals surface area contributed by atoms with Crippen molar-refractivity contribution in [3.63, 3.8) is 0 Å². The number of nitrogens with zero attached hydrogens (tertiary/aromatic N) is 1. The van der Waals surface area contributed by atoms with Gasteiger partial charge in [0.15, 0.2) is 0 Å². The van der Waals surface area contributed by atoms with E-state index in [1.807, 2.05) is 0 Å². The maximum atomic E-state index is 12.1. The molecule has 0 heterocycles. The zero-order valence-corrected chi connectivity index (χ0v) is 10.5. The molecule has 4 N–H and O–H groups in total. The number of amides is 2. The molecule has 0 aliphatic heterocycles. The molecule has 0 saturated heterocycles. The minimum atomic E-state index is -0.555. The first-order chi connectivity index (χ1) is 8.47. The monoisotopic (exact) mass is 251 g/mol. The van der Waals surface area contributed by atoms with Crippen LogP contribution in [0.4, 0.5) is 5.69 Å². The van der Waals surface area contributed by atoms with Gasteiger partial charge in [0.2, 0.25) is 5.91 Å². The summed E-state index contributed by atoms with van der Waals surface area (Å²) in [4.78, 5) is 24.4. The summed E-state index contributed by atoms with van der Waals surface area (Å²) in [6.07, 6.45) is 0. The smallest absolute Gasteiger partial charge is 0.254 e. The second kappa shape index (κ2) is 5.90. The van der Waals surface area contributed by atoms with Crippen molar-refractivity contribution in [1.29, 1.82) is 0 Å². The van der Waals surface area contributed by atoms with Crippen molar-refractivity contribution < 1.29 is 14.3 Å². The first-order valence-electron chi connectivity index (χ1n) is 5.50. The highest BCUT2D eigenvalue weighted by molar-refractivity contribution is 5.97. The Bertz CT molecular complexity index is 460. The van der Waals surface area contributed by atoms with Crippen LogP contribution in [0.25, 0.3) is 0 Å². The summed E-state index contributed by atoms with van der Waals surface area (Å²) in [6, 6.07) is 4.72. The Morgan fingerprint density at radius 2 is 2.00 bits per heavy atom. The highest BCUT2D eigenvalue weighted by Crippen LogP contribution is 2.19. The van der Waals surface area contributed by atoms with Crippen molar-refractivity contribution in [2.24, 2.45) is 5.73 Å². The van der Waals surface area contributed by atoms with Gasteiger partial charge < -0.3 is 21.1 Å². The van der Waals surface area contributed by atoms with Crippen molar-refractivity contribution in [3.05, 3.63) is 23.8 Å². The number of primary amides is 1. The molecule has 6 heteroatoms. The molecule has 2 amide bonds. The van der Waals surface area contributed by atoms with Crippen molar-refractivity contribution >= 4 is 17.5 Å². The summed E-state index contributed by atoms with van der Waals surface area (Å²) in [5.74, 6) is -0.364. The van der Waals surface area contributed by atoms with Gasteiger partial charge in [-0.3, -0.25) is 9.59 Å². The van der Waals surface area contributed by atoms with Crippen LogP contribution in [0.3, 0.4) is 0 Å². The van der Waals surface area contributed by atoms with E-state index in [9.17, 15) is 9.59 Å². The predicted octanol–water partition coefficient (Wildman–Crippen LogP) is 0.225. The zero-order valence-electron chi connectivity index (χ0n) is 10.5. The molecule has 0 fully saturated rings. The van der Waals surface area contributed by atoms with Gasteiger partial charge in [-0.25, -0.2) is 0 Å². The highest BCUT2D eigenvalue weighted by Gasteiger charge is 2.17. The third-order valence-electron chi connectivity index (χ3n) is 2.43. The van der Waals surface area contributed by atoms with E-state index in [2.05, 4.69) is 0 Å². The third-order valence-corrected chi connectivity index (χ3v) is 2.43. The number of benzene rings is 1. The molecule has 0 unspecified atom stereocenters. The lowest BCUT2D eigenvalue weighted by atomic mass is 10.1. The summed E-state index contributed by atoms with van der Waals surface area (Å²) in [6.45, 7) is 2.04. The Balaban J connectivity index is 3.01. The van der Waals surface area contributed by atoms with E-state index >= 15 is 0 Å². The third kappa shape index (κ3) is 3.38. The standard InChI is InChI=1S/C12H17N3O3/c1-3-15(7-11(14)16)12(17)8-4-9(13)6-10(5-8)18-2/h4-6H,3,7,13H2,1-2H3,(H2,14,16). The topological polar surface area (TPSA) is 98.7 Å². The van der Waals surface area contributed by atoms with Crippen LogP contribution in [0.5, 0.6) is 5.75 Å². The van der Waals surface area contributed by atoms with E-state index in [0.717, 1.165) is 0 Å². The Morgan fingerprint density at radius 3 is 2.50 bits per heavy atom. The minimum Gasteiger partial charge on any atom is -0.497 e. The fourth-order valence-electron chi connectivity index (χ4n) is 1.56. The molecule has 98 valence electrons. The molecule has 0 radical (unpaired) electrons. The van der Waals surface area contributed by atoms with Crippen LogP contribution in [0.1, 0.15) is 17.3 Å². The number of rotatable bonds is 5. The number of hydrogen-bond donors (Lipinski definition) is 2. The average molecular weight is 251 g/mol. The van der Waals surface area contributed by atoms with E-state index in [1.54, 1.807) is 19.1 Å². The molecule has 0 aliphatic carbocycles. The van der Waals surface area contributed by atoms with Gasteiger partial charge in [0.25, 0.3) is 5.91 Å². The highest BCUT2D eigenvalue weighted by atomic mass is 16.5. The van der Waals surface area contributed by atoms with Gasteiger partial charge in [0, 0.05) is 23.9 Å². The number of methoxy groups -OCH3 is 1. The van der Waals surface area contributed by atoms with E-state index in [1.165, 1.54) is 18.1 Å². The van der Waals surface area contributed by atoms with Crippen LogP contribution in [0.15, 0.2) is 18.2 Å². The average Bonchev–Trinajstić information content (AvgIpc) is 2.34. The number of carbonyl (C=O) groups excluding carboxylic acids is 2. The maximum absolute atomic E-state index is 12.1. The van der Waals surface area contributed by atoms with Crippen LogP contribution in [0, 0.1) is 0 Å².